The summed E-state index contributed by atoms with van der Waals surface area (Å²) in [5.41, 5.74) is 1.72. The minimum atomic E-state index is -0.696. The van der Waals surface area contributed by atoms with E-state index in [0.717, 1.165) is 11.1 Å². The van der Waals surface area contributed by atoms with E-state index in [2.05, 4.69) is 15.1 Å². The number of hydrogen-bond donors (Lipinski definition) is 0. The molecule has 0 saturated carbocycles. The first kappa shape index (κ1) is 18.1. The molecule has 134 valence electrons. The zero-order valence-corrected chi connectivity index (χ0v) is 15.0. The molecule has 26 heavy (non-hydrogen) atoms. The van der Waals surface area contributed by atoms with E-state index in [-0.39, 0.29) is 5.96 Å². The van der Waals surface area contributed by atoms with Crippen LogP contribution in [0.4, 0.5) is 0 Å². The average Bonchev–Trinajstić information content (AvgIpc) is 2.97. The van der Waals surface area contributed by atoms with Gasteiger partial charge in [-0.05, 0) is 29.3 Å². The van der Waals surface area contributed by atoms with Gasteiger partial charge in [-0.2, -0.15) is 0 Å². The molecule has 1 saturated heterocycles. The van der Waals surface area contributed by atoms with E-state index in [4.69, 9.17) is 23.2 Å². The van der Waals surface area contributed by atoms with Crippen LogP contribution in [0.1, 0.15) is 11.1 Å². The minimum Gasteiger partial charge on any atom is -0.331 e. The van der Waals surface area contributed by atoms with Gasteiger partial charge >= 0.3 is 0 Å². The lowest BCUT2D eigenvalue weighted by molar-refractivity contribution is -0.486. The largest absolute Gasteiger partial charge is 0.331 e. The van der Waals surface area contributed by atoms with Crippen molar-refractivity contribution in [2.75, 3.05) is 13.1 Å². The van der Waals surface area contributed by atoms with E-state index in [1.807, 2.05) is 17.0 Å². The summed E-state index contributed by atoms with van der Waals surface area (Å²) >= 11 is 11.6. The molecule has 0 unspecified atom stereocenters. The maximum atomic E-state index is 10.9. The number of rotatable bonds is 5. The zero-order chi connectivity index (χ0) is 18.5. The van der Waals surface area contributed by atoms with Crippen molar-refractivity contribution in [1.82, 2.24) is 19.8 Å². The van der Waals surface area contributed by atoms with Crippen molar-refractivity contribution >= 4 is 35.2 Å². The van der Waals surface area contributed by atoms with Gasteiger partial charge in [-0.15, -0.1) is 0 Å². The summed E-state index contributed by atoms with van der Waals surface area (Å²) in [6.45, 7) is 1.62. The van der Waals surface area contributed by atoms with Gasteiger partial charge in [0.15, 0.2) is 5.03 Å². The number of nitro groups is 1. The maximum absolute atomic E-state index is 10.9. The summed E-state index contributed by atoms with van der Waals surface area (Å²) in [6.07, 6.45) is 6.81. The number of pyridine rings is 2. The molecule has 2 aromatic rings. The highest BCUT2D eigenvalue weighted by Crippen LogP contribution is 2.16. The van der Waals surface area contributed by atoms with Crippen molar-refractivity contribution in [3.63, 3.8) is 0 Å². The molecule has 1 fully saturated rings. The Morgan fingerprint density at radius 2 is 1.88 bits per heavy atom. The first-order valence-electron chi connectivity index (χ1n) is 7.66. The summed E-state index contributed by atoms with van der Waals surface area (Å²) in [5, 5.41) is 14.6. The van der Waals surface area contributed by atoms with E-state index >= 15 is 0 Å². The Morgan fingerprint density at radius 3 is 2.50 bits per heavy atom. The van der Waals surface area contributed by atoms with Crippen molar-refractivity contribution in [2.24, 2.45) is 5.10 Å². The molecular weight excluding hydrogens is 379 g/mol. The van der Waals surface area contributed by atoms with Gasteiger partial charge in [0.1, 0.15) is 15.4 Å². The quantitative estimate of drug-likeness (QED) is 0.441. The Kier molecular flexibility index (Phi) is 5.65. The molecule has 0 atom stereocenters. The average molecular weight is 393 g/mol. The van der Waals surface area contributed by atoms with Crippen LogP contribution in [0.3, 0.4) is 0 Å². The highest BCUT2D eigenvalue weighted by Gasteiger charge is 2.28. The van der Waals surface area contributed by atoms with E-state index < -0.39 is 5.03 Å². The van der Waals surface area contributed by atoms with Crippen LogP contribution >= 0.6 is 23.2 Å². The molecule has 2 aromatic heterocycles. The number of halogens is 2. The second-order valence-electron chi connectivity index (χ2n) is 5.47. The van der Waals surface area contributed by atoms with Crippen LogP contribution in [0.2, 0.25) is 10.3 Å². The summed E-state index contributed by atoms with van der Waals surface area (Å²) in [7, 11) is 0. The number of hydrogen-bond acceptors (Lipinski definition) is 4. The molecule has 0 spiro atoms. The monoisotopic (exact) mass is 392 g/mol. The molecule has 8 nitrogen and oxygen atoms in total. The fourth-order valence-corrected chi connectivity index (χ4v) is 2.70. The van der Waals surface area contributed by atoms with Crippen LogP contribution in [0.5, 0.6) is 0 Å². The number of aromatic nitrogens is 2. The number of nitrogens with zero attached hydrogens (tertiary/aromatic N) is 6. The van der Waals surface area contributed by atoms with Gasteiger partial charge in [-0.1, -0.05) is 35.3 Å². The normalized spacial score (nSPS) is 16.0. The van der Waals surface area contributed by atoms with Crippen LogP contribution < -0.4 is 0 Å². The highest BCUT2D eigenvalue weighted by atomic mass is 35.5. The van der Waals surface area contributed by atoms with Crippen LogP contribution in [0.15, 0.2) is 48.0 Å². The predicted octanol–water partition coefficient (Wildman–Crippen LogP) is 3.12. The molecule has 3 heterocycles. The Hall–Kier alpha value is -2.71. The maximum Gasteiger partial charge on any atom is 0.278 e. The molecule has 0 radical (unpaired) electrons. The molecule has 0 bridgehead atoms. The van der Waals surface area contributed by atoms with E-state index in [1.165, 1.54) is 0 Å². The SMILES string of the molecule is O=[N+]([O-])/N=C1/N(C=Cc2ccc(Cl)nc2)CCN1Cc1ccc(Cl)nc1. The lowest BCUT2D eigenvalue weighted by Crippen LogP contribution is -2.31. The Bertz CT molecular complexity index is 839. The lowest BCUT2D eigenvalue weighted by Gasteiger charge is -2.18. The molecule has 3 rings (SSSR count). The van der Waals surface area contributed by atoms with Gasteiger partial charge in [-0.3, -0.25) is 0 Å². The van der Waals surface area contributed by atoms with E-state index in [0.29, 0.717) is 29.9 Å². The number of hydrazone groups is 1. The van der Waals surface area contributed by atoms with Gasteiger partial charge < -0.3 is 9.80 Å². The molecule has 1 aliphatic heterocycles. The third-order valence-corrected chi connectivity index (χ3v) is 4.13. The minimum absolute atomic E-state index is 0.267. The fourth-order valence-electron chi connectivity index (χ4n) is 2.48. The second-order valence-corrected chi connectivity index (χ2v) is 6.25. The van der Waals surface area contributed by atoms with Gasteiger partial charge in [0, 0.05) is 38.2 Å². The Morgan fingerprint density at radius 1 is 1.15 bits per heavy atom. The second kappa shape index (κ2) is 8.11. The van der Waals surface area contributed by atoms with Gasteiger partial charge in [0.05, 0.1) is 0 Å². The van der Waals surface area contributed by atoms with Crippen molar-refractivity contribution in [2.45, 2.75) is 6.54 Å². The summed E-state index contributed by atoms with van der Waals surface area (Å²) in [6, 6.07) is 7.00. The highest BCUT2D eigenvalue weighted by molar-refractivity contribution is 6.29. The standard InChI is InChI=1S/C16H14Cl2N6O2/c17-14-3-1-12(9-19-14)5-6-22-7-8-23(16(22)21-24(25)26)11-13-2-4-15(18)20-10-13/h1-6,9-10H,7-8,11H2/b6-5?,21-16-. The molecule has 0 N–H and O–H groups in total. The smallest absolute Gasteiger partial charge is 0.278 e. The summed E-state index contributed by atoms with van der Waals surface area (Å²) in [4.78, 5) is 22.5. The topological polar surface area (TPSA) is 87.8 Å². The Labute approximate surface area is 159 Å². The third kappa shape index (κ3) is 4.68. The molecule has 0 aromatic carbocycles. The number of guanidine groups is 1. The molecular formula is C16H14Cl2N6O2. The van der Waals surface area contributed by atoms with E-state index in [1.54, 1.807) is 41.7 Å². The first-order valence-corrected chi connectivity index (χ1v) is 8.41. The Balaban J connectivity index is 1.77. The van der Waals surface area contributed by atoms with Crippen LogP contribution in [0.25, 0.3) is 6.08 Å². The van der Waals surface area contributed by atoms with E-state index in [9.17, 15) is 10.1 Å². The van der Waals surface area contributed by atoms with Crippen molar-refractivity contribution < 1.29 is 5.03 Å². The molecule has 0 amide bonds. The fraction of sp³-hybridized carbons (Fsp3) is 0.188. The zero-order valence-electron chi connectivity index (χ0n) is 13.5. The van der Waals surface area contributed by atoms with Crippen molar-refractivity contribution in [3.8, 4) is 0 Å². The van der Waals surface area contributed by atoms with Crippen LogP contribution in [-0.4, -0.2) is 43.8 Å². The summed E-state index contributed by atoms with van der Waals surface area (Å²) in [5.74, 6) is 0.267. The third-order valence-electron chi connectivity index (χ3n) is 3.68. The van der Waals surface area contributed by atoms with Gasteiger partial charge in [0.25, 0.3) is 5.96 Å². The lowest BCUT2D eigenvalue weighted by atomic mass is 10.3. The first-order chi connectivity index (χ1) is 12.5. The van der Waals surface area contributed by atoms with Crippen molar-refractivity contribution in [3.05, 3.63) is 74.4 Å². The molecule has 0 aliphatic carbocycles. The molecule has 1 aliphatic rings. The van der Waals surface area contributed by atoms with Crippen molar-refractivity contribution in [1.29, 1.82) is 0 Å². The van der Waals surface area contributed by atoms with Gasteiger partial charge in [0.2, 0.25) is 0 Å². The van der Waals surface area contributed by atoms with Crippen LogP contribution in [0, 0.1) is 10.1 Å². The molecule has 10 heteroatoms. The predicted molar refractivity (Wildman–Crippen MR) is 99.1 cm³/mol. The van der Waals surface area contributed by atoms with Gasteiger partial charge in [-0.25, -0.2) is 20.1 Å². The van der Waals surface area contributed by atoms with Crippen LogP contribution in [-0.2, 0) is 6.54 Å². The summed E-state index contributed by atoms with van der Waals surface area (Å²) < 4.78 is 0.